The molecule has 0 amide bonds. The van der Waals surface area contributed by atoms with E-state index in [9.17, 15) is 4.79 Å². The Morgan fingerprint density at radius 1 is 1.00 bits per heavy atom. The summed E-state index contributed by atoms with van der Waals surface area (Å²) in [5, 5.41) is 0. The molecule has 0 bridgehead atoms. The molecule has 2 nitrogen and oxygen atoms in total. The summed E-state index contributed by atoms with van der Waals surface area (Å²) in [6.45, 7) is 0. The van der Waals surface area contributed by atoms with Crippen molar-refractivity contribution in [2.75, 3.05) is 0 Å². The van der Waals surface area contributed by atoms with Gasteiger partial charge in [0.1, 0.15) is 5.78 Å². The number of ketones is 1. The van der Waals surface area contributed by atoms with Crippen LogP contribution in [0.4, 0.5) is 0 Å². The Morgan fingerprint density at radius 3 is 2.41 bits per heavy atom. The Bertz CT molecular complexity index is 548. The largest absolute Gasteiger partial charge is 0.299 e. The van der Waals surface area contributed by atoms with E-state index in [0.717, 1.165) is 18.5 Å². The monoisotopic (exact) mass is 293 g/mol. The minimum atomic E-state index is 0.0804. The van der Waals surface area contributed by atoms with E-state index >= 15 is 0 Å². The lowest BCUT2D eigenvalue weighted by molar-refractivity contribution is -0.124. The lowest BCUT2D eigenvalue weighted by Crippen LogP contribution is -2.20. The van der Waals surface area contributed by atoms with Gasteiger partial charge in [-0.15, -0.1) is 0 Å². The molecule has 1 aromatic carbocycles. The van der Waals surface area contributed by atoms with Crippen molar-refractivity contribution in [3.63, 3.8) is 0 Å². The van der Waals surface area contributed by atoms with Gasteiger partial charge < -0.3 is 0 Å². The van der Waals surface area contributed by atoms with Crippen molar-refractivity contribution in [2.45, 2.75) is 44.4 Å². The summed E-state index contributed by atoms with van der Waals surface area (Å²) in [6.07, 6.45) is 8.23. The molecule has 2 heteroatoms. The van der Waals surface area contributed by atoms with Crippen LogP contribution in [0.25, 0.3) is 0 Å². The minimum absolute atomic E-state index is 0.0804. The zero-order valence-corrected chi connectivity index (χ0v) is 12.9. The molecule has 0 spiro atoms. The molecule has 0 aliphatic heterocycles. The second-order valence-electron chi connectivity index (χ2n) is 6.22. The van der Waals surface area contributed by atoms with Crippen LogP contribution in [-0.4, -0.2) is 10.8 Å². The van der Waals surface area contributed by atoms with Gasteiger partial charge in [-0.3, -0.25) is 9.78 Å². The van der Waals surface area contributed by atoms with Crippen molar-refractivity contribution in [3.05, 3.63) is 66.0 Å². The van der Waals surface area contributed by atoms with Crippen LogP contribution >= 0.6 is 0 Å². The maximum atomic E-state index is 12.7. The predicted octanol–water partition coefficient (Wildman–Crippen LogP) is 4.75. The van der Waals surface area contributed by atoms with E-state index in [4.69, 9.17) is 0 Å². The second-order valence-corrected chi connectivity index (χ2v) is 6.22. The van der Waals surface area contributed by atoms with Crippen LogP contribution in [0, 0.1) is 5.92 Å². The maximum absolute atomic E-state index is 12.7. The van der Waals surface area contributed by atoms with Crippen LogP contribution < -0.4 is 0 Å². The molecule has 1 saturated carbocycles. The van der Waals surface area contributed by atoms with E-state index in [1.807, 2.05) is 42.6 Å². The molecule has 114 valence electrons. The summed E-state index contributed by atoms with van der Waals surface area (Å²) in [6, 6.07) is 16.3. The highest BCUT2D eigenvalue weighted by molar-refractivity contribution is 5.82. The third-order valence-corrected chi connectivity index (χ3v) is 4.71. The van der Waals surface area contributed by atoms with E-state index < -0.39 is 0 Å². The van der Waals surface area contributed by atoms with Crippen LogP contribution in [0.2, 0.25) is 0 Å². The van der Waals surface area contributed by atoms with Crippen molar-refractivity contribution in [2.24, 2.45) is 5.92 Å². The first-order chi connectivity index (χ1) is 10.8. The average molecular weight is 293 g/mol. The Hall–Kier alpha value is -1.96. The second kappa shape index (κ2) is 7.35. The number of nitrogens with zero attached hydrogens (tertiary/aromatic N) is 1. The van der Waals surface area contributed by atoms with Gasteiger partial charge in [-0.2, -0.15) is 0 Å². The SMILES string of the molecule is O=C(CC(c1ccccc1)c1ccccn1)C1CCCCC1. The van der Waals surface area contributed by atoms with Gasteiger partial charge in [-0.1, -0.05) is 55.7 Å². The summed E-state index contributed by atoms with van der Waals surface area (Å²) in [4.78, 5) is 17.2. The molecule has 1 aliphatic carbocycles. The molecule has 2 aromatic rings. The van der Waals surface area contributed by atoms with Crippen molar-refractivity contribution in [1.82, 2.24) is 4.98 Å². The van der Waals surface area contributed by atoms with E-state index in [2.05, 4.69) is 17.1 Å². The van der Waals surface area contributed by atoms with Crippen LogP contribution in [0.3, 0.4) is 0 Å². The van der Waals surface area contributed by atoms with Gasteiger partial charge >= 0.3 is 0 Å². The normalized spacial score (nSPS) is 17.1. The molecule has 0 N–H and O–H groups in total. The zero-order chi connectivity index (χ0) is 15.2. The van der Waals surface area contributed by atoms with Crippen molar-refractivity contribution in [3.8, 4) is 0 Å². The Labute approximate surface area is 132 Å². The van der Waals surface area contributed by atoms with Gasteiger partial charge in [0.05, 0.1) is 0 Å². The zero-order valence-electron chi connectivity index (χ0n) is 12.9. The number of Topliss-reactive ketones (excluding diaryl/α,β-unsaturated/α-hetero) is 1. The number of rotatable bonds is 5. The molecule has 1 aliphatic rings. The highest BCUT2D eigenvalue weighted by Gasteiger charge is 2.26. The average Bonchev–Trinajstić information content (AvgIpc) is 2.62. The lowest BCUT2D eigenvalue weighted by atomic mass is 9.81. The van der Waals surface area contributed by atoms with Crippen LogP contribution in [0.5, 0.6) is 0 Å². The first-order valence-electron chi connectivity index (χ1n) is 8.33. The fraction of sp³-hybridized carbons (Fsp3) is 0.400. The van der Waals surface area contributed by atoms with Gasteiger partial charge in [0.2, 0.25) is 0 Å². The highest BCUT2D eigenvalue weighted by atomic mass is 16.1. The molecule has 3 rings (SSSR count). The fourth-order valence-electron chi connectivity index (χ4n) is 3.45. The molecule has 0 radical (unpaired) electrons. The quantitative estimate of drug-likeness (QED) is 0.796. The van der Waals surface area contributed by atoms with Crippen LogP contribution in [0.15, 0.2) is 54.7 Å². The Morgan fingerprint density at radius 2 is 1.73 bits per heavy atom. The van der Waals surface area contributed by atoms with Gasteiger partial charge in [-0.05, 0) is 30.5 Å². The molecule has 0 saturated heterocycles. The van der Waals surface area contributed by atoms with E-state index in [1.54, 1.807) is 0 Å². The lowest BCUT2D eigenvalue weighted by Gasteiger charge is -2.23. The van der Waals surface area contributed by atoms with Crippen molar-refractivity contribution < 1.29 is 4.79 Å². The number of aromatic nitrogens is 1. The van der Waals surface area contributed by atoms with Gasteiger partial charge in [0, 0.05) is 30.1 Å². The molecule has 22 heavy (non-hydrogen) atoms. The van der Waals surface area contributed by atoms with Gasteiger partial charge in [0.15, 0.2) is 0 Å². The predicted molar refractivity (Wildman–Crippen MR) is 88.7 cm³/mol. The Balaban J connectivity index is 1.81. The number of hydrogen-bond donors (Lipinski definition) is 0. The van der Waals surface area contributed by atoms with E-state index in [0.29, 0.717) is 12.2 Å². The topological polar surface area (TPSA) is 30.0 Å². The number of pyridine rings is 1. The summed E-state index contributed by atoms with van der Waals surface area (Å²) < 4.78 is 0. The standard InChI is InChI=1S/C20H23NO/c22-20(17-11-5-2-6-12-17)15-18(16-9-3-1-4-10-16)19-13-7-8-14-21-19/h1,3-4,7-10,13-14,17-18H,2,5-6,11-12,15H2. The van der Waals surface area contributed by atoms with Gasteiger partial charge in [0.25, 0.3) is 0 Å². The third kappa shape index (κ3) is 3.62. The van der Waals surface area contributed by atoms with E-state index in [1.165, 1.54) is 24.8 Å². The fourth-order valence-corrected chi connectivity index (χ4v) is 3.45. The number of carbonyl (C=O) groups excluding carboxylic acids is 1. The summed E-state index contributed by atoms with van der Waals surface area (Å²) in [7, 11) is 0. The maximum Gasteiger partial charge on any atom is 0.136 e. The van der Waals surface area contributed by atoms with Crippen molar-refractivity contribution in [1.29, 1.82) is 0 Å². The molecule has 1 heterocycles. The summed E-state index contributed by atoms with van der Waals surface area (Å²) in [5.74, 6) is 0.764. The smallest absolute Gasteiger partial charge is 0.136 e. The molecule has 1 atom stereocenters. The third-order valence-electron chi connectivity index (χ3n) is 4.71. The molecule has 1 fully saturated rings. The van der Waals surface area contributed by atoms with Crippen LogP contribution in [0.1, 0.15) is 55.7 Å². The molecule has 1 aromatic heterocycles. The first kappa shape index (κ1) is 15.0. The molecular formula is C20H23NO. The van der Waals surface area contributed by atoms with Crippen LogP contribution in [-0.2, 0) is 4.79 Å². The van der Waals surface area contributed by atoms with Gasteiger partial charge in [-0.25, -0.2) is 0 Å². The number of carbonyl (C=O) groups is 1. The number of hydrogen-bond acceptors (Lipinski definition) is 2. The number of benzene rings is 1. The molecular weight excluding hydrogens is 270 g/mol. The van der Waals surface area contributed by atoms with Crippen molar-refractivity contribution >= 4 is 5.78 Å². The summed E-state index contributed by atoms with van der Waals surface area (Å²) >= 11 is 0. The first-order valence-corrected chi connectivity index (χ1v) is 8.33. The molecule has 1 unspecified atom stereocenters. The van der Waals surface area contributed by atoms with E-state index in [-0.39, 0.29) is 11.8 Å². The highest BCUT2D eigenvalue weighted by Crippen LogP contribution is 2.31. The minimum Gasteiger partial charge on any atom is -0.299 e. The summed E-state index contributed by atoms with van der Waals surface area (Å²) in [5.41, 5.74) is 2.18. The Kier molecular flexibility index (Phi) is 4.99.